The van der Waals surface area contributed by atoms with Crippen LogP contribution in [0, 0.1) is 0 Å². The van der Waals surface area contributed by atoms with Crippen molar-refractivity contribution in [1.82, 2.24) is 4.90 Å². The molecule has 1 aliphatic carbocycles. The summed E-state index contributed by atoms with van der Waals surface area (Å²) in [4.78, 5) is 27.8. The molecule has 0 aromatic rings. The Labute approximate surface area is 174 Å². The van der Waals surface area contributed by atoms with Gasteiger partial charge in [0.1, 0.15) is 6.17 Å². The number of aliphatic imine (C=N–C) groups is 1. The number of carbonyl (C=O) groups is 2. The molecule has 2 aliphatic rings. The molecule has 0 saturated carbocycles. The largest absolute Gasteiger partial charge is 0.491 e. The highest BCUT2D eigenvalue weighted by atomic mass is 35.5. The quantitative estimate of drug-likeness (QED) is 0.697. The van der Waals surface area contributed by atoms with Crippen LogP contribution >= 0.6 is 11.6 Å². The summed E-state index contributed by atoms with van der Waals surface area (Å²) in [6, 6.07) is 0. The first-order valence-corrected chi connectivity index (χ1v) is 9.32. The summed E-state index contributed by atoms with van der Waals surface area (Å²) < 4.78 is 24.0. The van der Waals surface area contributed by atoms with Gasteiger partial charge in [-0.15, -0.1) is 11.6 Å². The Kier molecular flexibility index (Phi) is 10.2. The maximum Gasteiger partial charge on any atom is 0.300 e. The molecule has 0 radical (unpaired) electrons. The highest BCUT2D eigenvalue weighted by molar-refractivity contribution is 6.22. The number of methoxy groups -OCH3 is 2. The minimum Gasteiger partial charge on any atom is -0.491 e. The maximum absolute atomic E-state index is 13.5. The van der Waals surface area contributed by atoms with E-state index >= 15 is 0 Å². The molecular formula is C20H26ClFN2O5. The minimum atomic E-state index is -1.20. The van der Waals surface area contributed by atoms with Gasteiger partial charge >= 0.3 is 0 Å². The lowest BCUT2D eigenvalue weighted by atomic mass is 10.0. The first kappa shape index (κ1) is 24.4. The normalized spacial score (nSPS) is 27.7. The summed E-state index contributed by atoms with van der Waals surface area (Å²) in [5.74, 6) is -0.500. The predicted molar refractivity (Wildman–Crippen MR) is 110 cm³/mol. The second-order valence-electron chi connectivity index (χ2n) is 6.21. The van der Waals surface area contributed by atoms with Crippen molar-refractivity contribution in [2.24, 2.45) is 4.99 Å². The number of allylic oxidation sites excluding steroid dienone is 2. The number of hydrogen-bond acceptors (Lipinski definition) is 5. The van der Waals surface area contributed by atoms with Crippen LogP contribution in [0.15, 0.2) is 52.4 Å². The van der Waals surface area contributed by atoms with Gasteiger partial charge in [-0.3, -0.25) is 9.59 Å². The summed E-state index contributed by atoms with van der Waals surface area (Å²) in [6.45, 7) is 3.59. The van der Waals surface area contributed by atoms with Gasteiger partial charge < -0.3 is 19.5 Å². The lowest BCUT2D eigenvalue weighted by Gasteiger charge is -2.26. The van der Waals surface area contributed by atoms with E-state index in [1.54, 1.807) is 30.2 Å². The molecule has 0 aromatic carbocycles. The molecular weight excluding hydrogens is 403 g/mol. The van der Waals surface area contributed by atoms with Crippen molar-refractivity contribution in [3.8, 4) is 0 Å². The van der Waals surface area contributed by atoms with Crippen LogP contribution in [0.5, 0.6) is 0 Å². The number of halogens is 2. The molecule has 1 N–H and O–H groups in total. The van der Waals surface area contributed by atoms with Crippen molar-refractivity contribution < 1.29 is 28.6 Å². The number of carbonyl (C=O) groups excluding carboxylic acids is 1. The third kappa shape index (κ3) is 7.73. The summed E-state index contributed by atoms with van der Waals surface area (Å²) in [7, 11) is 2.94. The van der Waals surface area contributed by atoms with Crippen LogP contribution in [0.25, 0.3) is 0 Å². The molecule has 0 spiro atoms. The minimum absolute atomic E-state index is 0.195. The van der Waals surface area contributed by atoms with Gasteiger partial charge in [-0.25, -0.2) is 9.38 Å². The van der Waals surface area contributed by atoms with Gasteiger partial charge in [0.2, 0.25) is 0 Å². The van der Waals surface area contributed by atoms with Crippen molar-refractivity contribution in [3.05, 3.63) is 47.4 Å². The summed E-state index contributed by atoms with van der Waals surface area (Å²) in [5.41, 5.74) is 1.19. The van der Waals surface area contributed by atoms with Crippen LogP contribution in [-0.2, 0) is 19.1 Å². The lowest BCUT2D eigenvalue weighted by Crippen LogP contribution is -2.36. The van der Waals surface area contributed by atoms with Crippen LogP contribution in [0.1, 0.15) is 20.3 Å². The average Bonchev–Trinajstić information content (AvgIpc) is 2.66. The Balaban J connectivity index is 0.000000960. The van der Waals surface area contributed by atoms with Crippen LogP contribution in [0.3, 0.4) is 0 Å². The molecule has 2 unspecified atom stereocenters. The van der Waals surface area contributed by atoms with E-state index in [1.807, 2.05) is 6.08 Å². The first-order valence-electron chi connectivity index (χ1n) is 8.89. The van der Waals surface area contributed by atoms with Crippen molar-refractivity contribution in [2.75, 3.05) is 27.3 Å². The van der Waals surface area contributed by atoms with Crippen LogP contribution < -0.4 is 0 Å². The number of ether oxygens (including phenoxy) is 2. The molecule has 9 heteroatoms. The number of alkyl halides is 2. The van der Waals surface area contributed by atoms with E-state index in [4.69, 9.17) is 31.0 Å². The Hall–Kier alpha value is -2.61. The second kappa shape index (κ2) is 12.1. The van der Waals surface area contributed by atoms with E-state index in [1.165, 1.54) is 20.3 Å². The highest BCUT2D eigenvalue weighted by Gasteiger charge is 2.25. The molecule has 0 aromatic heterocycles. The number of carboxylic acid groups (broad SMARTS) is 1. The van der Waals surface area contributed by atoms with Gasteiger partial charge in [-0.05, 0) is 25.0 Å². The van der Waals surface area contributed by atoms with E-state index in [9.17, 15) is 9.18 Å². The lowest BCUT2D eigenvalue weighted by molar-refractivity contribution is -0.134. The van der Waals surface area contributed by atoms with E-state index in [0.29, 0.717) is 25.1 Å². The Morgan fingerprint density at radius 2 is 2.07 bits per heavy atom. The zero-order valence-electron chi connectivity index (χ0n) is 16.9. The average molecular weight is 429 g/mol. The van der Waals surface area contributed by atoms with Gasteiger partial charge in [0.15, 0.2) is 5.76 Å². The number of nitrogens with zero attached hydrogens (tertiary/aromatic N) is 2. The SMILES string of the molecule is CC(=O)O.COC1=C(/C)C(=O)N(CC2=CC(Cl)C(F)C=C2)CC/C=C/N=C\1OC. The molecule has 1 aliphatic heterocycles. The molecule has 0 fully saturated rings. The number of rotatable bonds is 3. The summed E-state index contributed by atoms with van der Waals surface area (Å²) >= 11 is 5.96. The van der Waals surface area contributed by atoms with Gasteiger partial charge in [-0.1, -0.05) is 18.2 Å². The fourth-order valence-electron chi connectivity index (χ4n) is 2.62. The predicted octanol–water partition coefficient (Wildman–Crippen LogP) is 3.23. The number of aliphatic carboxylic acids is 1. The fourth-order valence-corrected chi connectivity index (χ4v) is 2.86. The monoisotopic (exact) mass is 428 g/mol. The fraction of sp³-hybridized carbons (Fsp3) is 0.450. The molecule has 0 saturated heterocycles. The number of carboxylic acids is 1. The summed E-state index contributed by atoms with van der Waals surface area (Å²) in [5, 5.41) is 6.70. The molecule has 7 nitrogen and oxygen atoms in total. The second-order valence-corrected chi connectivity index (χ2v) is 6.71. The topological polar surface area (TPSA) is 88.4 Å². The smallest absolute Gasteiger partial charge is 0.300 e. The van der Waals surface area contributed by atoms with Gasteiger partial charge in [0.05, 0.1) is 25.2 Å². The molecule has 160 valence electrons. The van der Waals surface area contributed by atoms with Crippen molar-refractivity contribution in [1.29, 1.82) is 0 Å². The highest BCUT2D eigenvalue weighted by Crippen LogP contribution is 2.21. The summed E-state index contributed by atoms with van der Waals surface area (Å²) in [6.07, 6.45) is 7.63. The van der Waals surface area contributed by atoms with E-state index < -0.39 is 17.5 Å². The van der Waals surface area contributed by atoms with E-state index in [2.05, 4.69) is 4.99 Å². The van der Waals surface area contributed by atoms with Crippen LogP contribution in [0.4, 0.5) is 4.39 Å². The zero-order chi connectivity index (χ0) is 22.0. The Morgan fingerprint density at radius 1 is 1.41 bits per heavy atom. The van der Waals surface area contributed by atoms with Gasteiger partial charge in [-0.2, -0.15) is 0 Å². The van der Waals surface area contributed by atoms with Crippen LogP contribution in [0.2, 0.25) is 0 Å². The zero-order valence-corrected chi connectivity index (χ0v) is 17.6. The van der Waals surface area contributed by atoms with Crippen molar-refractivity contribution >= 4 is 29.4 Å². The molecule has 2 atom stereocenters. The number of amides is 1. The van der Waals surface area contributed by atoms with E-state index in [0.717, 1.165) is 12.5 Å². The van der Waals surface area contributed by atoms with Gasteiger partial charge in [0.25, 0.3) is 17.8 Å². The van der Waals surface area contributed by atoms with Crippen molar-refractivity contribution in [2.45, 2.75) is 31.8 Å². The molecule has 29 heavy (non-hydrogen) atoms. The number of hydrogen-bond donors (Lipinski definition) is 1. The Morgan fingerprint density at radius 3 is 2.62 bits per heavy atom. The molecule has 1 amide bonds. The van der Waals surface area contributed by atoms with Gasteiger partial charge in [0, 0.05) is 26.2 Å². The van der Waals surface area contributed by atoms with E-state index in [-0.39, 0.29) is 17.6 Å². The first-order chi connectivity index (χ1) is 13.7. The van der Waals surface area contributed by atoms with Crippen molar-refractivity contribution in [3.63, 3.8) is 0 Å². The third-order valence-corrected chi connectivity index (χ3v) is 4.31. The standard InChI is InChI=1S/C18H22ClFN2O3.C2H4O2/c1-12-16(24-2)17(25-3)21-8-4-5-9-22(18(12)23)11-13-6-7-15(20)14(19)10-13;1-2(3)4/h4,6-8,10,14-15H,5,9,11H2,1-3H3;1H3,(H,3,4)/b8-4+,16-12-,21-17+;. The molecule has 2 rings (SSSR count). The molecule has 1 heterocycles. The third-order valence-electron chi connectivity index (χ3n) is 3.95. The maximum atomic E-state index is 13.5. The molecule has 0 bridgehead atoms. The van der Waals surface area contributed by atoms with Crippen LogP contribution in [-0.4, -0.2) is 66.6 Å². The Bertz CT molecular complexity index is 754.